The van der Waals surface area contributed by atoms with Gasteiger partial charge in [0.2, 0.25) is 0 Å². The Bertz CT molecular complexity index is 494. The molecule has 1 aromatic heterocycles. The second-order valence-corrected chi connectivity index (χ2v) is 4.57. The van der Waals surface area contributed by atoms with Gasteiger partial charge in [0.25, 0.3) is 0 Å². The van der Waals surface area contributed by atoms with E-state index in [0.717, 1.165) is 17.9 Å². The molecule has 0 fully saturated rings. The molecule has 2 rings (SSSR count). The number of H-pyrrole nitrogens is 1. The van der Waals surface area contributed by atoms with Crippen LogP contribution in [0.15, 0.2) is 24.4 Å². The molecule has 3 nitrogen and oxygen atoms in total. The zero-order valence-electron chi connectivity index (χ0n) is 10.6. The SMILES string of the molecule is CC[C@@H](N)c1ncc(-c2cc(C)cc(C)c2)[nH]1. The summed E-state index contributed by atoms with van der Waals surface area (Å²) < 4.78 is 0. The first-order valence-electron chi connectivity index (χ1n) is 5.99. The summed E-state index contributed by atoms with van der Waals surface area (Å²) in [5.74, 6) is 0.863. The predicted molar refractivity (Wildman–Crippen MR) is 70.7 cm³/mol. The molecular weight excluding hydrogens is 210 g/mol. The third-order valence-electron chi connectivity index (χ3n) is 2.92. The molecule has 2 aromatic rings. The average molecular weight is 229 g/mol. The number of rotatable bonds is 3. The minimum atomic E-state index is -0.00495. The molecule has 0 spiro atoms. The molecule has 0 amide bonds. The minimum Gasteiger partial charge on any atom is -0.341 e. The molecular formula is C14H19N3. The Morgan fingerprint density at radius 2 is 1.88 bits per heavy atom. The van der Waals surface area contributed by atoms with E-state index in [1.807, 2.05) is 6.20 Å². The fraction of sp³-hybridized carbons (Fsp3) is 0.357. The summed E-state index contributed by atoms with van der Waals surface area (Å²) in [6.45, 7) is 6.26. The summed E-state index contributed by atoms with van der Waals surface area (Å²) in [6, 6.07) is 6.47. The van der Waals surface area contributed by atoms with Gasteiger partial charge in [0.05, 0.1) is 17.9 Å². The van der Waals surface area contributed by atoms with Crippen LogP contribution in [0.4, 0.5) is 0 Å². The van der Waals surface area contributed by atoms with Crippen LogP contribution in [0.2, 0.25) is 0 Å². The van der Waals surface area contributed by atoms with Crippen LogP contribution in [0.3, 0.4) is 0 Å². The standard InChI is InChI=1S/C14H19N3/c1-4-12(15)14-16-8-13(17-14)11-6-9(2)5-10(3)7-11/h5-8,12H,4,15H2,1-3H3,(H,16,17)/t12-/m1/s1. The first-order chi connectivity index (χ1) is 8.10. The highest BCUT2D eigenvalue weighted by Crippen LogP contribution is 2.22. The maximum absolute atomic E-state index is 5.95. The maximum Gasteiger partial charge on any atom is 0.123 e. The van der Waals surface area contributed by atoms with Crippen molar-refractivity contribution in [3.05, 3.63) is 41.3 Å². The molecule has 1 heterocycles. The van der Waals surface area contributed by atoms with Crippen molar-refractivity contribution in [3.8, 4) is 11.3 Å². The number of nitrogens with zero attached hydrogens (tertiary/aromatic N) is 1. The number of hydrogen-bond acceptors (Lipinski definition) is 2. The van der Waals surface area contributed by atoms with E-state index in [2.05, 4.69) is 48.9 Å². The van der Waals surface area contributed by atoms with Crippen LogP contribution in [0.25, 0.3) is 11.3 Å². The average Bonchev–Trinajstić information content (AvgIpc) is 2.76. The summed E-state index contributed by atoms with van der Waals surface area (Å²) >= 11 is 0. The van der Waals surface area contributed by atoms with Crippen molar-refractivity contribution in [2.24, 2.45) is 5.73 Å². The van der Waals surface area contributed by atoms with Gasteiger partial charge in [-0.2, -0.15) is 0 Å². The van der Waals surface area contributed by atoms with Crippen LogP contribution in [0.5, 0.6) is 0 Å². The Balaban J connectivity index is 2.36. The molecule has 1 aromatic carbocycles. The van der Waals surface area contributed by atoms with Gasteiger partial charge in [0.15, 0.2) is 0 Å². The molecule has 0 aliphatic carbocycles. The van der Waals surface area contributed by atoms with E-state index >= 15 is 0 Å². The Morgan fingerprint density at radius 3 is 2.47 bits per heavy atom. The van der Waals surface area contributed by atoms with Crippen molar-refractivity contribution < 1.29 is 0 Å². The van der Waals surface area contributed by atoms with Gasteiger partial charge in [0, 0.05) is 5.56 Å². The largest absolute Gasteiger partial charge is 0.341 e. The van der Waals surface area contributed by atoms with E-state index in [1.54, 1.807) is 0 Å². The van der Waals surface area contributed by atoms with Gasteiger partial charge in [-0.3, -0.25) is 0 Å². The van der Waals surface area contributed by atoms with Crippen LogP contribution in [-0.2, 0) is 0 Å². The lowest BCUT2D eigenvalue weighted by atomic mass is 10.1. The van der Waals surface area contributed by atoms with Gasteiger partial charge in [-0.15, -0.1) is 0 Å². The summed E-state index contributed by atoms with van der Waals surface area (Å²) in [6.07, 6.45) is 2.75. The summed E-state index contributed by atoms with van der Waals surface area (Å²) in [4.78, 5) is 7.64. The summed E-state index contributed by atoms with van der Waals surface area (Å²) in [5.41, 5.74) is 10.7. The molecule has 0 radical (unpaired) electrons. The van der Waals surface area contributed by atoms with Crippen molar-refractivity contribution in [1.29, 1.82) is 0 Å². The minimum absolute atomic E-state index is 0.00495. The molecule has 0 aliphatic rings. The van der Waals surface area contributed by atoms with Crippen molar-refractivity contribution in [1.82, 2.24) is 9.97 Å². The van der Waals surface area contributed by atoms with Crippen molar-refractivity contribution >= 4 is 0 Å². The second kappa shape index (κ2) is 4.72. The number of benzene rings is 1. The lowest BCUT2D eigenvalue weighted by Crippen LogP contribution is -2.10. The van der Waals surface area contributed by atoms with Crippen LogP contribution < -0.4 is 5.73 Å². The zero-order valence-corrected chi connectivity index (χ0v) is 10.6. The van der Waals surface area contributed by atoms with Crippen molar-refractivity contribution in [2.75, 3.05) is 0 Å². The Morgan fingerprint density at radius 1 is 1.24 bits per heavy atom. The van der Waals surface area contributed by atoms with Gasteiger partial charge in [0.1, 0.15) is 5.82 Å². The number of nitrogens with two attached hydrogens (primary N) is 1. The van der Waals surface area contributed by atoms with E-state index < -0.39 is 0 Å². The zero-order chi connectivity index (χ0) is 12.4. The topological polar surface area (TPSA) is 54.7 Å². The molecule has 17 heavy (non-hydrogen) atoms. The molecule has 0 saturated heterocycles. The fourth-order valence-electron chi connectivity index (χ4n) is 2.00. The molecule has 0 saturated carbocycles. The molecule has 1 atom stereocenters. The van der Waals surface area contributed by atoms with Gasteiger partial charge in [-0.25, -0.2) is 4.98 Å². The molecule has 90 valence electrons. The molecule has 0 unspecified atom stereocenters. The molecule has 0 bridgehead atoms. The van der Waals surface area contributed by atoms with Crippen LogP contribution in [-0.4, -0.2) is 9.97 Å². The normalized spacial score (nSPS) is 12.7. The van der Waals surface area contributed by atoms with Gasteiger partial charge < -0.3 is 10.7 Å². The van der Waals surface area contributed by atoms with Crippen LogP contribution in [0, 0.1) is 13.8 Å². The first kappa shape index (κ1) is 11.9. The predicted octanol–water partition coefficient (Wildman–Crippen LogP) is 3.10. The number of nitrogens with one attached hydrogen (secondary N) is 1. The molecule has 3 heteroatoms. The second-order valence-electron chi connectivity index (χ2n) is 4.57. The number of aryl methyl sites for hydroxylation is 2. The van der Waals surface area contributed by atoms with Crippen LogP contribution >= 0.6 is 0 Å². The molecule has 0 aliphatic heterocycles. The first-order valence-corrected chi connectivity index (χ1v) is 5.99. The highest BCUT2D eigenvalue weighted by atomic mass is 15.0. The van der Waals surface area contributed by atoms with E-state index in [-0.39, 0.29) is 6.04 Å². The smallest absolute Gasteiger partial charge is 0.123 e. The van der Waals surface area contributed by atoms with Gasteiger partial charge in [-0.05, 0) is 32.4 Å². The highest BCUT2D eigenvalue weighted by molar-refractivity contribution is 5.60. The quantitative estimate of drug-likeness (QED) is 0.849. The van der Waals surface area contributed by atoms with E-state index in [1.165, 1.54) is 16.7 Å². The van der Waals surface area contributed by atoms with Crippen molar-refractivity contribution in [3.63, 3.8) is 0 Å². The van der Waals surface area contributed by atoms with Gasteiger partial charge >= 0.3 is 0 Å². The number of aromatic amines is 1. The van der Waals surface area contributed by atoms with E-state index in [4.69, 9.17) is 5.73 Å². The van der Waals surface area contributed by atoms with E-state index in [0.29, 0.717) is 0 Å². The fourth-order valence-corrected chi connectivity index (χ4v) is 2.00. The van der Waals surface area contributed by atoms with E-state index in [9.17, 15) is 0 Å². The Hall–Kier alpha value is -1.61. The number of hydrogen-bond donors (Lipinski definition) is 2. The summed E-state index contributed by atoms with van der Waals surface area (Å²) in [5, 5.41) is 0. The number of aromatic nitrogens is 2. The monoisotopic (exact) mass is 229 g/mol. The maximum atomic E-state index is 5.95. The van der Waals surface area contributed by atoms with Crippen LogP contribution in [0.1, 0.15) is 36.3 Å². The third-order valence-corrected chi connectivity index (χ3v) is 2.92. The lowest BCUT2D eigenvalue weighted by Gasteiger charge is -2.05. The lowest BCUT2D eigenvalue weighted by molar-refractivity contribution is 0.658. The Labute approximate surface area is 102 Å². The third kappa shape index (κ3) is 2.56. The Kier molecular flexibility index (Phi) is 3.29. The van der Waals surface area contributed by atoms with Crippen molar-refractivity contribution in [2.45, 2.75) is 33.2 Å². The highest BCUT2D eigenvalue weighted by Gasteiger charge is 2.09. The number of imidazole rings is 1. The van der Waals surface area contributed by atoms with Gasteiger partial charge in [-0.1, -0.05) is 24.1 Å². The summed E-state index contributed by atoms with van der Waals surface area (Å²) in [7, 11) is 0. The molecule has 3 N–H and O–H groups in total.